The number of nitrogens with two attached hydrogens (primary N) is 1. The Labute approximate surface area is 118 Å². The van der Waals surface area contributed by atoms with E-state index in [-0.39, 0.29) is 5.91 Å². The van der Waals surface area contributed by atoms with Crippen molar-refractivity contribution in [1.82, 2.24) is 9.88 Å². The van der Waals surface area contributed by atoms with Gasteiger partial charge in [-0.1, -0.05) is 12.1 Å². The largest absolute Gasteiger partial charge is 0.399 e. The van der Waals surface area contributed by atoms with Crippen molar-refractivity contribution in [3.8, 4) is 0 Å². The zero-order valence-corrected chi connectivity index (χ0v) is 11.6. The van der Waals surface area contributed by atoms with Gasteiger partial charge in [-0.3, -0.25) is 4.79 Å². The molecule has 0 spiro atoms. The molecule has 0 aliphatic heterocycles. The van der Waals surface area contributed by atoms with E-state index in [0.717, 1.165) is 17.1 Å². The third kappa shape index (κ3) is 3.47. The van der Waals surface area contributed by atoms with Crippen molar-refractivity contribution in [3.63, 3.8) is 0 Å². The van der Waals surface area contributed by atoms with Gasteiger partial charge in [0.25, 0.3) is 5.91 Å². The second-order valence-electron chi connectivity index (χ2n) is 4.73. The summed E-state index contributed by atoms with van der Waals surface area (Å²) < 4.78 is 0. The van der Waals surface area contributed by atoms with Crippen LogP contribution in [0.5, 0.6) is 0 Å². The van der Waals surface area contributed by atoms with Gasteiger partial charge >= 0.3 is 0 Å². The normalized spacial score (nSPS) is 10.1. The number of amides is 1. The highest BCUT2D eigenvalue weighted by Gasteiger charge is 2.07. The van der Waals surface area contributed by atoms with Crippen LogP contribution in [0, 0.1) is 0 Å². The number of nitrogens with zero attached hydrogens (tertiary/aromatic N) is 2. The summed E-state index contributed by atoms with van der Waals surface area (Å²) in [6, 6.07) is 11.2. The molecule has 104 valence electrons. The predicted octanol–water partition coefficient (Wildman–Crippen LogP) is 1.98. The number of aromatic nitrogens is 1. The fourth-order valence-electron chi connectivity index (χ4n) is 1.78. The maximum Gasteiger partial charge on any atom is 0.254 e. The molecule has 3 N–H and O–H groups in total. The number of rotatable bonds is 4. The van der Waals surface area contributed by atoms with Crippen LogP contribution in [0.2, 0.25) is 0 Å². The molecule has 2 aromatic rings. The number of carbonyl (C=O) groups is 1. The Morgan fingerprint density at radius 2 is 2.10 bits per heavy atom. The highest BCUT2D eigenvalue weighted by molar-refractivity contribution is 5.93. The molecule has 5 nitrogen and oxygen atoms in total. The summed E-state index contributed by atoms with van der Waals surface area (Å²) in [6.45, 7) is 0.638. The van der Waals surface area contributed by atoms with E-state index in [1.165, 1.54) is 4.90 Å². The summed E-state index contributed by atoms with van der Waals surface area (Å²) >= 11 is 0. The molecule has 0 aliphatic carbocycles. The summed E-state index contributed by atoms with van der Waals surface area (Å²) in [4.78, 5) is 17.5. The van der Waals surface area contributed by atoms with Crippen LogP contribution in [0.4, 0.5) is 11.5 Å². The summed E-state index contributed by atoms with van der Waals surface area (Å²) in [5.41, 5.74) is 8.12. The van der Waals surface area contributed by atoms with Gasteiger partial charge in [-0.15, -0.1) is 0 Å². The van der Waals surface area contributed by atoms with E-state index in [2.05, 4.69) is 10.3 Å². The summed E-state index contributed by atoms with van der Waals surface area (Å²) in [5, 5.41) is 3.19. The quantitative estimate of drug-likeness (QED) is 0.833. The lowest BCUT2D eigenvalue weighted by atomic mass is 10.2. The molecular weight excluding hydrogens is 252 g/mol. The second kappa shape index (κ2) is 6.06. The fourth-order valence-corrected chi connectivity index (χ4v) is 1.78. The molecule has 5 heteroatoms. The highest BCUT2D eigenvalue weighted by atomic mass is 16.2. The van der Waals surface area contributed by atoms with Crippen LogP contribution in [0.3, 0.4) is 0 Å². The van der Waals surface area contributed by atoms with E-state index in [0.29, 0.717) is 12.1 Å². The molecule has 0 radical (unpaired) electrons. The minimum Gasteiger partial charge on any atom is -0.399 e. The van der Waals surface area contributed by atoms with Gasteiger partial charge < -0.3 is 16.0 Å². The van der Waals surface area contributed by atoms with Crippen LogP contribution in [-0.4, -0.2) is 29.9 Å². The molecule has 2 rings (SSSR count). The topological polar surface area (TPSA) is 71.2 Å². The third-order valence-corrected chi connectivity index (χ3v) is 2.84. The molecule has 0 saturated carbocycles. The summed E-state index contributed by atoms with van der Waals surface area (Å²) in [6.07, 6.45) is 1.57. The van der Waals surface area contributed by atoms with E-state index >= 15 is 0 Å². The minimum atomic E-state index is -0.0557. The SMILES string of the molecule is CN(C)C(=O)c1ccc(NCc2cccc(N)c2)nc1. The number of nitrogens with one attached hydrogen (secondary N) is 1. The number of carbonyl (C=O) groups excluding carboxylic acids is 1. The Morgan fingerprint density at radius 3 is 2.70 bits per heavy atom. The third-order valence-electron chi connectivity index (χ3n) is 2.84. The molecule has 1 aromatic carbocycles. The van der Waals surface area contributed by atoms with Crippen molar-refractivity contribution in [2.75, 3.05) is 25.1 Å². The van der Waals surface area contributed by atoms with E-state index in [1.807, 2.05) is 24.3 Å². The van der Waals surface area contributed by atoms with Gasteiger partial charge in [-0.2, -0.15) is 0 Å². The predicted molar refractivity (Wildman–Crippen MR) is 80.4 cm³/mol. The van der Waals surface area contributed by atoms with Gasteiger partial charge in [0.15, 0.2) is 0 Å². The van der Waals surface area contributed by atoms with Gasteiger partial charge in [0.2, 0.25) is 0 Å². The first-order valence-electron chi connectivity index (χ1n) is 6.32. The maximum absolute atomic E-state index is 11.7. The number of pyridine rings is 1. The summed E-state index contributed by atoms with van der Waals surface area (Å²) in [5.74, 6) is 0.669. The number of hydrogen-bond acceptors (Lipinski definition) is 4. The summed E-state index contributed by atoms with van der Waals surface area (Å²) in [7, 11) is 3.43. The van der Waals surface area contributed by atoms with Crippen molar-refractivity contribution in [2.24, 2.45) is 0 Å². The minimum absolute atomic E-state index is 0.0557. The molecular formula is C15H18N4O. The average molecular weight is 270 g/mol. The van der Waals surface area contributed by atoms with Gasteiger partial charge in [0, 0.05) is 32.5 Å². The van der Waals surface area contributed by atoms with Crippen LogP contribution < -0.4 is 11.1 Å². The zero-order valence-electron chi connectivity index (χ0n) is 11.6. The van der Waals surface area contributed by atoms with Crippen LogP contribution in [0.1, 0.15) is 15.9 Å². The standard InChI is InChI=1S/C15H18N4O/c1-19(2)15(20)12-6-7-14(18-10-12)17-9-11-4-3-5-13(16)8-11/h3-8,10H,9,16H2,1-2H3,(H,17,18). The smallest absolute Gasteiger partial charge is 0.254 e. The van der Waals surface area contributed by atoms with Gasteiger partial charge in [-0.05, 0) is 29.8 Å². The fraction of sp³-hybridized carbons (Fsp3) is 0.200. The van der Waals surface area contributed by atoms with Crippen molar-refractivity contribution in [2.45, 2.75) is 6.54 Å². The molecule has 0 saturated heterocycles. The Hall–Kier alpha value is -2.56. The lowest BCUT2D eigenvalue weighted by Crippen LogP contribution is -2.21. The second-order valence-corrected chi connectivity index (χ2v) is 4.73. The maximum atomic E-state index is 11.7. The molecule has 0 aliphatic rings. The average Bonchev–Trinajstić information content (AvgIpc) is 2.45. The van der Waals surface area contributed by atoms with Crippen molar-refractivity contribution in [3.05, 3.63) is 53.7 Å². The lowest BCUT2D eigenvalue weighted by Gasteiger charge is -2.10. The van der Waals surface area contributed by atoms with Gasteiger partial charge in [0.1, 0.15) is 5.82 Å². The molecule has 1 amide bonds. The highest BCUT2D eigenvalue weighted by Crippen LogP contribution is 2.11. The number of benzene rings is 1. The van der Waals surface area contributed by atoms with Crippen molar-refractivity contribution < 1.29 is 4.79 Å². The Kier molecular flexibility index (Phi) is 4.20. The lowest BCUT2D eigenvalue weighted by molar-refractivity contribution is 0.0827. The molecule has 0 unspecified atom stereocenters. The first-order valence-corrected chi connectivity index (χ1v) is 6.32. The van der Waals surface area contributed by atoms with Crippen LogP contribution in [-0.2, 0) is 6.54 Å². The number of nitrogen functional groups attached to an aromatic ring is 1. The Bertz CT molecular complexity index is 593. The molecule has 1 heterocycles. The van der Waals surface area contributed by atoms with E-state index in [4.69, 9.17) is 5.73 Å². The molecule has 20 heavy (non-hydrogen) atoms. The molecule has 1 aromatic heterocycles. The first-order chi connectivity index (χ1) is 9.56. The zero-order chi connectivity index (χ0) is 14.5. The van der Waals surface area contributed by atoms with Crippen molar-refractivity contribution >= 4 is 17.4 Å². The van der Waals surface area contributed by atoms with Gasteiger partial charge in [-0.25, -0.2) is 4.98 Å². The van der Waals surface area contributed by atoms with Crippen LogP contribution >= 0.6 is 0 Å². The monoisotopic (exact) mass is 270 g/mol. The molecule has 0 atom stereocenters. The van der Waals surface area contributed by atoms with E-state index < -0.39 is 0 Å². The first kappa shape index (κ1) is 13.9. The van der Waals surface area contributed by atoms with Crippen molar-refractivity contribution in [1.29, 1.82) is 0 Å². The van der Waals surface area contributed by atoms with E-state index in [1.54, 1.807) is 32.4 Å². The molecule has 0 bridgehead atoms. The van der Waals surface area contributed by atoms with Gasteiger partial charge in [0.05, 0.1) is 5.56 Å². The molecule has 0 fully saturated rings. The number of hydrogen-bond donors (Lipinski definition) is 2. The van der Waals surface area contributed by atoms with Crippen LogP contribution in [0.25, 0.3) is 0 Å². The Balaban J connectivity index is 1.99. The van der Waals surface area contributed by atoms with Crippen LogP contribution in [0.15, 0.2) is 42.6 Å². The number of anilines is 2. The van der Waals surface area contributed by atoms with E-state index in [9.17, 15) is 4.79 Å². The Morgan fingerprint density at radius 1 is 1.30 bits per heavy atom.